The number of hydrogen-bond acceptors (Lipinski definition) is 4. The maximum absolute atomic E-state index is 12.8. The number of amidine groups is 1. The third-order valence-corrected chi connectivity index (χ3v) is 6.19. The molecule has 1 atom stereocenters. The summed E-state index contributed by atoms with van der Waals surface area (Å²) in [7, 11) is -2.01. The van der Waals surface area contributed by atoms with E-state index in [2.05, 4.69) is 9.71 Å². The van der Waals surface area contributed by atoms with E-state index in [0.717, 1.165) is 25.8 Å². The van der Waals surface area contributed by atoms with Crippen LogP contribution >= 0.6 is 0 Å². The smallest absolute Gasteiger partial charge is 0.284 e. The van der Waals surface area contributed by atoms with Gasteiger partial charge >= 0.3 is 0 Å². The first kappa shape index (κ1) is 21.8. The first-order valence-electron chi connectivity index (χ1n) is 10.0. The van der Waals surface area contributed by atoms with Gasteiger partial charge in [-0.15, -0.1) is 4.40 Å². The second-order valence-corrected chi connectivity index (χ2v) is 8.91. The number of nitrogens with zero attached hydrogens (tertiary/aromatic N) is 2. The Morgan fingerprint density at radius 2 is 1.87 bits per heavy atom. The molecule has 0 aliphatic carbocycles. The molecule has 0 aromatic heterocycles. The normalized spacial score (nSPS) is 17.3. The van der Waals surface area contributed by atoms with E-state index in [9.17, 15) is 13.2 Å². The van der Waals surface area contributed by atoms with Crippen LogP contribution in [0.2, 0.25) is 0 Å². The van der Waals surface area contributed by atoms with E-state index >= 15 is 0 Å². The Morgan fingerprint density at radius 3 is 2.63 bits per heavy atom. The number of ether oxygens (including phenoxy) is 1. The molecule has 1 aliphatic heterocycles. The fourth-order valence-electron chi connectivity index (χ4n) is 3.17. The van der Waals surface area contributed by atoms with E-state index in [-0.39, 0.29) is 10.8 Å². The van der Waals surface area contributed by atoms with Crippen LogP contribution in [0.25, 0.3) is 0 Å². The SMILES string of the molecule is CC(Oc1ccccc1)C(=O)Nc1cccc(S(=O)(=O)N=C2CCCCCN2C)c1. The highest BCUT2D eigenvalue weighted by Gasteiger charge is 2.20. The van der Waals surface area contributed by atoms with Gasteiger partial charge in [0.2, 0.25) is 0 Å². The molecule has 1 unspecified atom stereocenters. The van der Waals surface area contributed by atoms with Crippen molar-refractivity contribution in [3.8, 4) is 5.75 Å². The van der Waals surface area contributed by atoms with E-state index in [1.165, 1.54) is 12.1 Å². The summed E-state index contributed by atoms with van der Waals surface area (Å²) >= 11 is 0. The van der Waals surface area contributed by atoms with Crippen LogP contribution in [0.3, 0.4) is 0 Å². The number of sulfonamides is 1. The zero-order chi connectivity index (χ0) is 21.6. The fourth-order valence-corrected chi connectivity index (χ4v) is 4.31. The number of carbonyl (C=O) groups excluding carboxylic acids is 1. The van der Waals surface area contributed by atoms with Crippen molar-refractivity contribution in [2.45, 2.75) is 43.6 Å². The predicted molar refractivity (Wildman–Crippen MR) is 117 cm³/mol. The lowest BCUT2D eigenvalue weighted by Gasteiger charge is -2.18. The van der Waals surface area contributed by atoms with Gasteiger partial charge in [0, 0.05) is 25.7 Å². The Hall–Kier alpha value is -2.87. The Labute approximate surface area is 177 Å². The van der Waals surface area contributed by atoms with Crippen molar-refractivity contribution in [3.63, 3.8) is 0 Å². The molecule has 0 radical (unpaired) electrons. The van der Waals surface area contributed by atoms with Crippen LogP contribution in [0, 0.1) is 0 Å². The molecule has 2 aromatic rings. The maximum atomic E-state index is 12.8. The standard InChI is InChI=1S/C22H27N3O4S/c1-17(29-19-11-5-3-6-12-19)22(26)23-18-10-9-13-20(16-18)30(27,28)24-21-14-7-4-8-15-25(21)2/h3,5-6,9-13,16-17H,4,7-8,14-15H2,1-2H3,(H,23,26). The van der Waals surface area contributed by atoms with Gasteiger partial charge in [0.1, 0.15) is 11.6 Å². The summed E-state index contributed by atoms with van der Waals surface area (Å²) in [6, 6.07) is 15.2. The van der Waals surface area contributed by atoms with Crippen molar-refractivity contribution >= 4 is 27.5 Å². The van der Waals surface area contributed by atoms with E-state index in [0.29, 0.717) is 23.7 Å². The molecule has 0 spiro atoms. The number of rotatable bonds is 6. The summed E-state index contributed by atoms with van der Waals surface area (Å²) < 4.78 is 35.3. The molecule has 0 saturated carbocycles. The van der Waals surface area contributed by atoms with Crippen LogP contribution in [-0.2, 0) is 14.8 Å². The molecule has 0 bridgehead atoms. The summed E-state index contributed by atoms with van der Waals surface area (Å²) in [5.74, 6) is 0.787. The van der Waals surface area contributed by atoms with Crippen LogP contribution in [0.5, 0.6) is 5.75 Å². The Bertz CT molecular complexity index is 1010. The van der Waals surface area contributed by atoms with Crippen molar-refractivity contribution in [2.24, 2.45) is 4.40 Å². The Kier molecular flexibility index (Phi) is 7.10. The van der Waals surface area contributed by atoms with Gasteiger partial charge in [-0.3, -0.25) is 4.79 Å². The minimum Gasteiger partial charge on any atom is -0.481 e. The van der Waals surface area contributed by atoms with Gasteiger partial charge in [0.05, 0.1) is 4.90 Å². The zero-order valence-corrected chi connectivity index (χ0v) is 18.1. The van der Waals surface area contributed by atoms with Gasteiger partial charge in [-0.1, -0.05) is 30.7 Å². The molecule has 7 nitrogen and oxygen atoms in total. The van der Waals surface area contributed by atoms with Gasteiger partial charge in [-0.05, 0) is 50.1 Å². The number of amides is 1. The Morgan fingerprint density at radius 1 is 1.10 bits per heavy atom. The van der Waals surface area contributed by atoms with E-state index in [1.54, 1.807) is 31.2 Å². The minimum atomic E-state index is -3.87. The molecule has 1 fully saturated rings. The third kappa shape index (κ3) is 5.82. The molecule has 1 amide bonds. The number of hydrogen-bond donors (Lipinski definition) is 1. The lowest BCUT2D eigenvalue weighted by Crippen LogP contribution is -2.30. The highest BCUT2D eigenvalue weighted by molar-refractivity contribution is 7.90. The van der Waals surface area contributed by atoms with Crippen LogP contribution in [0.15, 0.2) is 63.9 Å². The summed E-state index contributed by atoms with van der Waals surface area (Å²) in [5.41, 5.74) is 0.374. The quantitative estimate of drug-likeness (QED) is 0.757. The average molecular weight is 430 g/mol. The molecule has 1 N–H and O–H groups in total. The van der Waals surface area contributed by atoms with Crippen LogP contribution in [0.4, 0.5) is 5.69 Å². The summed E-state index contributed by atoms with van der Waals surface area (Å²) in [5, 5.41) is 2.71. The van der Waals surface area contributed by atoms with E-state index in [1.807, 2.05) is 30.1 Å². The highest BCUT2D eigenvalue weighted by atomic mass is 32.2. The topological polar surface area (TPSA) is 88.1 Å². The third-order valence-electron chi connectivity index (χ3n) is 4.88. The lowest BCUT2D eigenvalue weighted by molar-refractivity contribution is -0.122. The number of nitrogens with one attached hydrogen (secondary N) is 1. The van der Waals surface area contributed by atoms with Crippen molar-refractivity contribution in [1.29, 1.82) is 0 Å². The Balaban J connectivity index is 1.72. The van der Waals surface area contributed by atoms with Crippen LogP contribution in [0.1, 0.15) is 32.6 Å². The summed E-state index contributed by atoms with van der Waals surface area (Å²) in [4.78, 5) is 14.4. The predicted octanol–water partition coefficient (Wildman–Crippen LogP) is 3.69. The van der Waals surface area contributed by atoms with Crippen molar-refractivity contribution in [1.82, 2.24) is 4.90 Å². The van der Waals surface area contributed by atoms with Crippen molar-refractivity contribution < 1.29 is 17.9 Å². The fraction of sp³-hybridized carbons (Fsp3) is 0.364. The second-order valence-electron chi connectivity index (χ2n) is 7.31. The van der Waals surface area contributed by atoms with Crippen molar-refractivity contribution in [3.05, 3.63) is 54.6 Å². The molecule has 8 heteroatoms. The first-order valence-corrected chi connectivity index (χ1v) is 11.5. The lowest BCUT2D eigenvalue weighted by atomic mass is 10.2. The zero-order valence-electron chi connectivity index (χ0n) is 17.2. The van der Waals surface area contributed by atoms with E-state index < -0.39 is 16.1 Å². The molecule has 1 aliphatic rings. The van der Waals surface area contributed by atoms with Crippen LogP contribution in [-0.4, -0.2) is 44.8 Å². The number of likely N-dealkylation sites (tertiary alicyclic amines) is 1. The molecule has 2 aromatic carbocycles. The van der Waals surface area contributed by atoms with Gasteiger partial charge in [0.15, 0.2) is 6.10 Å². The second kappa shape index (κ2) is 9.75. The molecule has 3 rings (SSSR count). The number of carbonyl (C=O) groups is 1. The van der Waals surface area contributed by atoms with Gasteiger partial charge in [-0.25, -0.2) is 0 Å². The van der Waals surface area contributed by atoms with Gasteiger partial charge in [0.25, 0.3) is 15.9 Å². The number of anilines is 1. The first-order chi connectivity index (χ1) is 14.3. The summed E-state index contributed by atoms with van der Waals surface area (Å²) in [6.07, 6.45) is 2.91. The van der Waals surface area contributed by atoms with Gasteiger partial charge in [-0.2, -0.15) is 8.42 Å². The molecule has 1 heterocycles. The minimum absolute atomic E-state index is 0.0436. The number of para-hydroxylation sites is 1. The van der Waals surface area contributed by atoms with Crippen LogP contribution < -0.4 is 10.1 Å². The van der Waals surface area contributed by atoms with Crippen molar-refractivity contribution in [2.75, 3.05) is 18.9 Å². The molecular weight excluding hydrogens is 402 g/mol. The highest BCUT2D eigenvalue weighted by Crippen LogP contribution is 2.20. The number of benzene rings is 2. The summed E-state index contributed by atoms with van der Waals surface area (Å²) in [6.45, 7) is 2.43. The molecule has 30 heavy (non-hydrogen) atoms. The molecule has 160 valence electrons. The monoisotopic (exact) mass is 429 g/mol. The maximum Gasteiger partial charge on any atom is 0.284 e. The van der Waals surface area contributed by atoms with E-state index in [4.69, 9.17) is 4.74 Å². The molecule has 1 saturated heterocycles. The molecular formula is C22H27N3O4S. The average Bonchev–Trinajstić information content (AvgIpc) is 2.93. The largest absolute Gasteiger partial charge is 0.481 e. The van der Waals surface area contributed by atoms with Gasteiger partial charge < -0.3 is 15.0 Å².